The Morgan fingerprint density at radius 3 is 2.25 bits per heavy atom. The van der Waals surface area contributed by atoms with E-state index < -0.39 is 0 Å². The fourth-order valence-electron chi connectivity index (χ4n) is 1.46. The molecule has 0 aromatic carbocycles. The second-order valence-electron chi connectivity index (χ2n) is 3.59. The maximum atomic E-state index is 10.3. The van der Waals surface area contributed by atoms with E-state index in [2.05, 4.69) is 14.0 Å². The van der Waals surface area contributed by atoms with Crippen molar-refractivity contribution in [3.63, 3.8) is 0 Å². The molecule has 0 bridgehead atoms. The number of hydrogen-bond acceptors (Lipinski definition) is 1. The number of rotatable bonds is 1. The molecule has 1 fully saturated rings. The summed E-state index contributed by atoms with van der Waals surface area (Å²) in [7, 11) is 2.25. The average molecular weight is 281 g/mol. The quantitative estimate of drug-likeness (QED) is 0.309. The van der Waals surface area contributed by atoms with Gasteiger partial charge in [-0.3, -0.25) is 0 Å². The molecular formula is C9H16INO. The molecule has 0 amide bonds. The molecule has 3 heteroatoms. The van der Waals surface area contributed by atoms with Crippen LogP contribution in [0.1, 0.15) is 19.8 Å². The highest BCUT2D eigenvalue weighted by Crippen LogP contribution is 2.18. The van der Waals surface area contributed by atoms with E-state index in [0.29, 0.717) is 0 Å². The van der Waals surface area contributed by atoms with Crippen LogP contribution in [0.2, 0.25) is 0 Å². The third-order valence-corrected chi connectivity index (χ3v) is 2.81. The van der Waals surface area contributed by atoms with Crippen LogP contribution in [0.5, 0.6) is 0 Å². The lowest BCUT2D eigenvalue weighted by molar-refractivity contribution is -0.910. The Labute approximate surface area is 91.2 Å². The zero-order chi connectivity index (χ0) is 8.32. The Hall–Kier alpha value is 0.140. The van der Waals surface area contributed by atoms with Crippen LogP contribution >= 0.6 is 0 Å². The summed E-state index contributed by atoms with van der Waals surface area (Å²) < 4.78 is 1.12. The molecule has 0 radical (unpaired) electrons. The average Bonchev–Trinajstić information content (AvgIpc) is 2.06. The first-order valence-electron chi connectivity index (χ1n) is 4.26. The third kappa shape index (κ3) is 2.88. The van der Waals surface area contributed by atoms with E-state index in [4.69, 9.17) is 0 Å². The maximum Gasteiger partial charge on any atom is 0.123 e. The van der Waals surface area contributed by atoms with Crippen molar-refractivity contribution in [1.29, 1.82) is 0 Å². The van der Waals surface area contributed by atoms with Crippen LogP contribution in [0.15, 0.2) is 5.57 Å². The fourth-order valence-corrected chi connectivity index (χ4v) is 1.46. The molecule has 0 saturated carbocycles. The number of halogens is 1. The minimum atomic E-state index is 0. The number of likely N-dealkylation sites (tertiary alicyclic amines) is 1. The lowest BCUT2D eigenvalue weighted by Crippen LogP contribution is -3.00. The number of nitrogens with zero attached hydrogens (tertiary/aromatic N) is 1. The van der Waals surface area contributed by atoms with E-state index in [0.717, 1.165) is 36.0 Å². The van der Waals surface area contributed by atoms with E-state index in [9.17, 15) is 4.79 Å². The van der Waals surface area contributed by atoms with Gasteiger partial charge in [0.1, 0.15) is 5.94 Å². The van der Waals surface area contributed by atoms with Crippen LogP contribution < -0.4 is 24.0 Å². The molecule has 2 nitrogen and oxygen atoms in total. The van der Waals surface area contributed by atoms with Gasteiger partial charge in [-0.2, -0.15) is 0 Å². The summed E-state index contributed by atoms with van der Waals surface area (Å²) in [5.41, 5.74) is 0.981. The van der Waals surface area contributed by atoms with Crippen LogP contribution in [0.25, 0.3) is 0 Å². The van der Waals surface area contributed by atoms with Crippen LogP contribution in [0, 0.1) is 0 Å². The number of quaternary nitrogens is 1. The highest BCUT2D eigenvalue weighted by Gasteiger charge is 2.24. The van der Waals surface area contributed by atoms with Crippen molar-refractivity contribution in [2.45, 2.75) is 19.8 Å². The highest BCUT2D eigenvalue weighted by molar-refractivity contribution is 5.52. The van der Waals surface area contributed by atoms with E-state index in [1.807, 2.05) is 5.94 Å². The molecular weight excluding hydrogens is 265 g/mol. The Morgan fingerprint density at radius 1 is 1.42 bits per heavy atom. The van der Waals surface area contributed by atoms with Crippen molar-refractivity contribution in [1.82, 2.24) is 0 Å². The van der Waals surface area contributed by atoms with Crippen molar-refractivity contribution in [2.75, 3.05) is 26.7 Å². The number of hydrogen-bond donors (Lipinski definition) is 0. The Balaban J connectivity index is 0.00000121. The van der Waals surface area contributed by atoms with Gasteiger partial charge in [0.05, 0.1) is 26.7 Å². The molecule has 0 spiro atoms. The van der Waals surface area contributed by atoms with Crippen LogP contribution in [-0.4, -0.2) is 37.1 Å². The van der Waals surface area contributed by atoms with Gasteiger partial charge in [-0.15, -0.1) is 0 Å². The zero-order valence-corrected chi connectivity index (χ0v) is 9.93. The van der Waals surface area contributed by atoms with Crippen LogP contribution in [-0.2, 0) is 4.79 Å². The van der Waals surface area contributed by atoms with Gasteiger partial charge < -0.3 is 28.5 Å². The first kappa shape index (κ1) is 12.1. The lowest BCUT2D eigenvalue weighted by atomic mass is 10.0. The largest absolute Gasteiger partial charge is 1.00 e. The summed E-state index contributed by atoms with van der Waals surface area (Å²) in [6, 6.07) is 0. The summed E-state index contributed by atoms with van der Waals surface area (Å²) in [5.74, 6) is 2.02. The molecule has 1 heterocycles. The van der Waals surface area contributed by atoms with Gasteiger partial charge in [-0.05, 0) is 6.92 Å². The first-order valence-corrected chi connectivity index (χ1v) is 4.26. The van der Waals surface area contributed by atoms with Crippen molar-refractivity contribution < 1.29 is 33.3 Å². The SMILES string of the molecule is CC[N+]1(C)CCC(=C=O)CC1.[I-]. The molecule has 12 heavy (non-hydrogen) atoms. The predicted molar refractivity (Wildman–Crippen MR) is 44.9 cm³/mol. The Bertz CT molecular complexity index is 187. The van der Waals surface area contributed by atoms with Gasteiger partial charge in [-0.25, -0.2) is 4.79 Å². The Kier molecular flexibility index (Phi) is 5.06. The summed E-state index contributed by atoms with van der Waals surface area (Å²) >= 11 is 0. The number of piperidine rings is 1. The Morgan fingerprint density at radius 2 is 1.92 bits per heavy atom. The smallest absolute Gasteiger partial charge is 0.123 e. The predicted octanol–water partition coefficient (Wildman–Crippen LogP) is -1.99. The maximum absolute atomic E-state index is 10.3. The lowest BCUT2D eigenvalue weighted by Gasteiger charge is -2.36. The third-order valence-electron chi connectivity index (χ3n) is 2.81. The van der Waals surface area contributed by atoms with E-state index >= 15 is 0 Å². The molecule has 1 aliphatic heterocycles. The van der Waals surface area contributed by atoms with Crippen molar-refractivity contribution in [3.05, 3.63) is 5.57 Å². The standard InChI is InChI=1S/C9H16NO.HI/c1-3-10(2)6-4-9(8-11)5-7-10;/h3-7H2,1-2H3;1H/q+1;/p-1. The summed E-state index contributed by atoms with van der Waals surface area (Å²) in [4.78, 5) is 10.3. The van der Waals surface area contributed by atoms with E-state index in [-0.39, 0.29) is 24.0 Å². The second-order valence-corrected chi connectivity index (χ2v) is 3.59. The summed E-state index contributed by atoms with van der Waals surface area (Å²) in [6.07, 6.45) is 1.90. The molecule has 0 aromatic heterocycles. The van der Waals surface area contributed by atoms with Gasteiger partial charge in [0.25, 0.3) is 0 Å². The van der Waals surface area contributed by atoms with Crippen LogP contribution in [0.3, 0.4) is 0 Å². The molecule has 1 aliphatic rings. The van der Waals surface area contributed by atoms with Crippen LogP contribution in [0.4, 0.5) is 0 Å². The van der Waals surface area contributed by atoms with Crippen molar-refractivity contribution in [3.8, 4) is 0 Å². The minimum Gasteiger partial charge on any atom is -1.00 e. The summed E-state index contributed by atoms with van der Waals surface area (Å²) in [6.45, 7) is 5.60. The zero-order valence-electron chi connectivity index (χ0n) is 7.77. The first-order chi connectivity index (χ1) is 5.20. The molecule has 1 rings (SSSR count). The van der Waals surface area contributed by atoms with Gasteiger partial charge in [0.15, 0.2) is 0 Å². The molecule has 1 saturated heterocycles. The van der Waals surface area contributed by atoms with Crippen molar-refractivity contribution in [2.24, 2.45) is 0 Å². The minimum absolute atomic E-state index is 0. The van der Waals surface area contributed by atoms with Crippen molar-refractivity contribution >= 4 is 5.94 Å². The topological polar surface area (TPSA) is 17.1 Å². The van der Waals surface area contributed by atoms with E-state index in [1.54, 1.807) is 0 Å². The number of carbonyl (C=O) groups excluding carboxylic acids is 1. The van der Waals surface area contributed by atoms with Gasteiger partial charge in [0, 0.05) is 18.4 Å². The molecule has 0 aliphatic carbocycles. The molecule has 0 N–H and O–H groups in total. The molecule has 0 atom stereocenters. The van der Waals surface area contributed by atoms with Gasteiger partial charge in [0.2, 0.25) is 0 Å². The molecule has 70 valence electrons. The second kappa shape index (κ2) is 5.00. The normalized spacial score (nSPS) is 29.0. The van der Waals surface area contributed by atoms with Gasteiger partial charge >= 0.3 is 0 Å². The monoisotopic (exact) mass is 281 g/mol. The highest BCUT2D eigenvalue weighted by atomic mass is 127. The fraction of sp³-hybridized carbons (Fsp3) is 0.778. The molecule has 0 unspecified atom stereocenters. The molecule has 0 aromatic rings. The van der Waals surface area contributed by atoms with Gasteiger partial charge in [-0.1, -0.05) is 0 Å². The van der Waals surface area contributed by atoms with E-state index in [1.165, 1.54) is 6.54 Å². The summed E-state index contributed by atoms with van der Waals surface area (Å²) in [5, 5.41) is 0.